The van der Waals surface area contributed by atoms with E-state index in [1.54, 1.807) is 30.3 Å². The Kier molecular flexibility index (Phi) is 6.14. The normalized spacial score (nSPS) is 13.0. The number of nitrogens with two attached hydrogens (primary N) is 1. The molecular weight excluding hydrogens is 418 g/mol. The van der Waals surface area contributed by atoms with Gasteiger partial charge in [-0.2, -0.15) is 0 Å². The van der Waals surface area contributed by atoms with Gasteiger partial charge in [0, 0.05) is 17.1 Å². The van der Waals surface area contributed by atoms with Crippen molar-refractivity contribution in [2.45, 2.75) is 42.1 Å². The fourth-order valence-electron chi connectivity index (χ4n) is 2.85. The quantitative estimate of drug-likeness (QED) is 0.443. The minimum atomic E-state index is -3.81. The monoisotopic (exact) mass is 437 g/mol. The van der Waals surface area contributed by atoms with Crippen molar-refractivity contribution in [2.75, 3.05) is 0 Å². The average Bonchev–Trinajstić information content (AvgIpc) is 2.98. The van der Waals surface area contributed by atoms with E-state index in [9.17, 15) is 13.2 Å². The van der Waals surface area contributed by atoms with Gasteiger partial charge in [-0.3, -0.25) is 4.79 Å². The van der Waals surface area contributed by atoms with E-state index in [2.05, 4.69) is 4.98 Å². The summed E-state index contributed by atoms with van der Waals surface area (Å²) in [5, 5.41) is 6.10. The van der Waals surface area contributed by atoms with Crippen molar-refractivity contribution in [1.82, 2.24) is 9.55 Å². The van der Waals surface area contributed by atoms with Crippen LogP contribution in [0, 0.1) is 0 Å². The van der Waals surface area contributed by atoms with Crippen LogP contribution in [-0.4, -0.2) is 29.0 Å². The zero-order valence-electron chi connectivity index (χ0n) is 15.4. The molecule has 3 rings (SSSR count). The van der Waals surface area contributed by atoms with Crippen molar-refractivity contribution >= 4 is 50.2 Å². The number of carbonyl (C=O) groups is 1. The summed E-state index contributed by atoms with van der Waals surface area (Å²) in [6, 6.07) is 11.4. The van der Waals surface area contributed by atoms with E-state index in [0.717, 1.165) is 11.9 Å². The maximum atomic E-state index is 12.7. The number of nitrogens with zero attached hydrogens (tertiary/aromatic N) is 2. The molecule has 1 heterocycles. The molecule has 9 heteroatoms. The number of rotatable bonds is 7. The van der Waals surface area contributed by atoms with Crippen molar-refractivity contribution in [1.29, 1.82) is 0 Å². The predicted molar refractivity (Wildman–Crippen MR) is 112 cm³/mol. The summed E-state index contributed by atoms with van der Waals surface area (Å²) in [5.41, 5.74) is 1.93. The third kappa shape index (κ3) is 4.41. The van der Waals surface area contributed by atoms with Crippen LogP contribution in [0.4, 0.5) is 0 Å². The van der Waals surface area contributed by atoms with E-state index in [1.807, 2.05) is 18.4 Å². The number of primary sulfonamides is 1. The number of hydrogen-bond acceptors (Lipinski definition) is 5. The lowest BCUT2D eigenvalue weighted by atomic mass is 10.1. The van der Waals surface area contributed by atoms with Crippen molar-refractivity contribution in [2.24, 2.45) is 5.14 Å². The molecule has 0 spiro atoms. The lowest BCUT2D eigenvalue weighted by Gasteiger charge is -2.12. The van der Waals surface area contributed by atoms with Crippen LogP contribution in [0.15, 0.2) is 52.5 Å². The number of Topliss-reactive ketones (excluding diaryl/α,β-unsaturated/α-hetero) is 1. The number of benzene rings is 2. The van der Waals surface area contributed by atoms with Crippen LogP contribution in [0.25, 0.3) is 11.0 Å². The van der Waals surface area contributed by atoms with Crippen LogP contribution in [0.2, 0.25) is 5.02 Å². The Morgan fingerprint density at radius 2 is 1.93 bits per heavy atom. The van der Waals surface area contributed by atoms with Crippen LogP contribution >= 0.6 is 23.4 Å². The molecule has 6 nitrogen and oxygen atoms in total. The Morgan fingerprint density at radius 3 is 2.54 bits per heavy atom. The third-order valence-electron chi connectivity index (χ3n) is 4.24. The van der Waals surface area contributed by atoms with E-state index in [1.165, 1.54) is 23.9 Å². The van der Waals surface area contributed by atoms with Crippen LogP contribution in [0.3, 0.4) is 0 Å². The molecule has 0 aliphatic rings. The Balaban J connectivity index is 1.95. The molecule has 0 saturated carbocycles. The standard InChI is InChI=1S/C19H20ClN3O3S2/c1-3-10-23-17-9-8-15(28(21,25)26)11-16(17)22-19(23)27-12(2)18(24)13-4-6-14(20)7-5-13/h4-9,11-12H,3,10H2,1-2H3,(H2,21,25,26). The topological polar surface area (TPSA) is 95.0 Å². The van der Waals surface area contributed by atoms with Gasteiger partial charge in [0.15, 0.2) is 10.9 Å². The SMILES string of the molecule is CCCn1c(SC(C)C(=O)c2ccc(Cl)cc2)nc2cc(S(N)(=O)=O)ccc21. The highest BCUT2D eigenvalue weighted by Gasteiger charge is 2.21. The maximum absolute atomic E-state index is 12.7. The summed E-state index contributed by atoms with van der Waals surface area (Å²) in [6.07, 6.45) is 0.871. The molecule has 0 fully saturated rings. The van der Waals surface area contributed by atoms with Gasteiger partial charge in [0.05, 0.1) is 21.2 Å². The lowest BCUT2D eigenvalue weighted by molar-refractivity contribution is 0.0994. The van der Waals surface area contributed by atoms with Crippen molar-refractivity contribution in [3.63, 3.8) is 0 Å². The zero-order valence-corrected chi connectivity index (χ0v) is 17.8. The first-order chi connectivity index (χ1) is 13.2. The van der Waals surface area contributed by atoms with Crippen molar-refractivity contribution in [3.05, 3.63) is 53.1 Å². The highest BCUT2D eigenvalue weighted by Crippen LogP contribution is 2.30. The molecule has 0 bridgehead atoms. The van der Waals surface area contributed by atoms with Gasteiger partial charge in [-0.25, -0.2) is 18.5 Å². The molecule has 0 amide bonds. The van der Waals surface area contributed by atoms with Crippen molar-refractivity contribution in [3.8, 4) is 0 Å². The van der Waals surface area contributed by atoms with Crippen LogP contribution < -0.4 is 5.14 Å². The van der Waals surface area contributed by atoms with E-state index in [0.29, 0.717) is 27.8 Å². The first kappa shape index (κ1) is 20.9. The van der Waals surface area contributed by atoms with Gasteiger partial charge in [0.1, 0.15) is 0 Å². The number of carbonyl (C=O) groups excluding carboxylic acids is 1. The van der Waals surface area contributed by atoms with E-state index in [4.69, 9.17) is 16.7 Å². The minimum absolute atomic E-state index is 0.0167. The summed E-state index contributed by atoms with van der Waals surface area (Å²) in [6.45, 7) is 4.57. The smallest absolute Gasteiger partial charge is 0.238 e. The fraction of sp³-hybridized carbons (Fsp3) is 0.263. The summed E-state index contributed by atoms with van der Waals surface area (Å²) in [7, 11) is -3.81. The number of thioether (sulfide) groups is 1. The van der Waals surface area contributed by atoms with Gasteiger partial charge >= 0.3 is 0 Å². The zero-order chi connectivity index (χ0) is 20.5. The molecule has 0 aliphatic carbocycles. The van der Waals surface area contributed by atoms with Crippen LogP contribution in [0.1, 0.15) is 30.6 Å². The number of hydrogen-bond donors (Lipinski definition) is 1. The fourth-order valence-corrected chi connectivity index (χ4v) is 4.54. The number of sulfonamides is 1. The Morgan fingerprint density at radius 1 is 1.25 bits per heavy atom. The average molecular weight is 438 g/mol. The van der Waals surface area contributed by atoms with Crippen LogP contribution in [-0.2, 0) is 16.6 Å². The number of fused-ring (bicyclic) bond motifs is 1. The first-order valence-electron chi connectivity index (χ1n) is 8.70. The van der Waals surface area contributed by atoms with Crippen LogP contribution in [0.5, 0.6) is 0 Å². The molecular formula is C19H20ClN3O3S2. The molecule has 28 heavy (non-hydrogen) atoms. The number of halogens is 1. The van der Waals surface area contributed by atoms with Gasteiger partial charge in [0.25, 0.3) is 0 Å². The van der Waals surface area contributed by atoms with Gasteiger partial charge in [0.2, 0.25) is 10.0 Å². The summed E-state index contributed by atoms with van der Waals surface area (Å²) in [4.78, 5) is 17.3. The second-order valence-electron chi connectivity index (χ2n) is 6.37. The molecule has 0 radical (unpaired) electrons. The molecule has 0 aliphatic heterocycles. The third-order valence-corrected chi connectivity index (χ3v) is 6.49. The lowest BCUT2D eigenvalue weighted by Crippen LogP contribution is -2.14. The molecule has 1 unspecified atom stereocenters. The largest absolute Gasteiger partial charge is 0.319 e. The van der Waals surface area contributed by atoms with E-state index >= 15 is 0 Å². The minimum Gasteiger partial charge on any atom is -0.319 e. The van der Waals surface area contributed by atoms with Gasteiger partial charge in [-0.1, -0.05) is 30.3 Å². The second kappa shape index (κ2) is 8.24. The molecule has 1 atom stereocenters. The number of aryl methyl sites for hydroxylation is 1. The number of aromatic nitrogens is 2. The number of imidazole rings is 1. The summed E-state index contributed by atoms with van der Waals surface area (Å²) in [5.74, 6) is -0.0259. The van der Waals surface area contributed by atoms with Gasteiger partial charge in [-0.15, -0.1) is 0 Å². The number of ketones is 1. The Bertz CT molecular complexity index is 1130. The van der Waals surface area contributed by atoms with E-state index < -0.39 is 10.0 Å². The Hall–Kier alpha value is -1.87. The highest BCUT2D eigenvalue weighted by molar-refractivity contribution is 8.00. The second-order valence-corrected chi connectivity index (χ2v) is 9.68. The Labute approximate surface area is 173 Å². The molecule has 148 valence electrons. The van der Waals surface area contributed by atoms with Gasteiger partial charge < -0.3 is 4.57 Å². The molecule has 2 aromatic carbocycles. The highest BCUT2D eigenvalue weighted by atomic mass is 35.5. The first-order valence-corrected chi connectivity index (χ1v) is 11.5. The molecule has 1 aromatic heterocycles. The maximum Gasteiger partial charge on any atom is 0.238 e. The summed E-state index contributed by atoms with van der Waals surface area (Å²) >= 11 is 7.23. The predicted octanol–water partition coefficient (Wildman–Crippen LogP) is 4.11. The van der Waals surface area contributed by atoms with E-state index in [-0.39, 0.29) is 15.9 Å². The molecule has 3 aromatic rings. The summed E-state index contributed by atoms with van der Waals surface area (Å²) < 4.78 is 25.3. The van der Waals surface area contributed by atoms with Crippen molar-refractivity contribution < 1.29 is 13.2 Å². The van der Waals surface area contributed by atoms with Gasteiger partial charge in [-0.05, 0) is 55.8 Å². The molecule has 0 saturated heterocycles. The molecule has 2 N–H and O–H groups in total.